The molecule has 15 heteroatoms. The molecule has 0 radical (unpaired) electrons. The van der Waals surface area contributed by atoms with E-state index in [1.807, 2.05) is 60.7 Å². The van der Waals surface area contributed by atoms with Crippen molar-refractivity contribution >= 4 is 58.1 Å². The van der Waals surface area contributed by atoms with Crippen LogP contribution in [0.4, 0.5) is 4.79 Å². The third kappa shape index (κ3) is 11.0. The average molecular weight is 797 g/mol. The van der Waals surface area contributed by atoms with Crippen LogP contribution in [-0.4, -0.2) is 48.5 Å². The van der Waals surface area contributed by atoms with Crippen molar-refractivity contribution in [3.05, 3.63) is 129 Å². The maximum atomic E-state index is 13.2. The van der Waals surface area contributed by atoms with E-state index in [0.29, 0.717) is 8.95 Å². The van der Waals surface area contributed by atoms with Gasteiger partial charge in [0.1, 0.15) is 25.5 Å². The van der Waals surface area contributed by atoms with Gasteiger partial charge in [-0.2, -0.15) is 9.44 Å². The van der Waals surface area contributed by atoms with Crippen LogP contribution in [0.5, 0.6) is 0 Å². The Balaban J connectivity index is 1.42. The molecule has 0 fully saturated rings. The maximum Gasteiger partial charge on any atom is 0.508 e. The molecule has 4 N–H and O–H groups in total. The molecule has 11 nitrogen and oxygen atoms in total. The van der Waals surface area contributed by atoms with Gasteiger partial charge < -0.3 is 9.47 Å². The molecule has 0 aliphatic rings. The van der Waals surface area contributed by atoms with Gasteiger partial charge in [-0.3, -0.25) is 10.6 Å². The fourth-order valence-electron chi connectivity index (χ4n) is 4.11. The lowest BCUT2D eigenvalue weighted by molar-refractivity contribution is 0.0402. The van der Waals surface area contributed by atoms with Gasteiger partial charge in [-0.15, -0.1) is 0 Å². The van der Waals surface area contributed by atoms with Crippen molar-refractivity contribution in [3.8, 4) is 0 Å². The van der Waals surface area contributed by atoms with E-state index in [-0.39, 0.29) is 22.9 Å². The van der Waals surface area contributed by atoms with Gasteiger partial charge in [0, 0.05) is 22.0 Å². The van der Waals surface area contributed by atoms with E-state index in [9.17, 15) is 21.6 Å². The van der Waals surface area contributed by atoms with E-state index >= 15 is 0 Å². The fourth-order valence-corrected chi connectivity index (χ4v) is 8.43. The second kappa shape index (κ2) is 17.1. The summed E-state index contributed by atoms with van der Waals surface area (Å²) in [5, 5.41) is 6.10. The van der Waals surface area contributed by atoms with Crippen molar-refractivity contribution in [1.82, 2.24) is 20.1 Å². The zero-order valence-electron chi connectivity index (χ0n) is 24.3. The summed E-state index contributed by atoms with van der Waals surface area (Å²) < 4.78 is 69.0. The minimum Gasteiger partial charge on any atom is -0.431 e. The Morgan fingerprint density at radius 2 is 0.913 bits per heavy atom. The summed E-state index contributed by atoms with van der Waals surface area (Å²) in [4.78, 5) is 12.7. The molecule has 4 rings (SSSR count). The van der Waals surface area contributed by atoms with Crippen LogP contribution in [0.1, 0.15) is 11.1 Å². The molecular weight excluding hydrogens is 764 g/mol. The van der Waals surface area contributed by atoms with Crippen molar-refractivity contribution in [2.45, 2.75) is 35.2 Å². The van der Waals surface area contributed by atoms with E-state index in [2.05, 4.69) is 51.9 Å². The van der Waals surface area contributed by atoms with Gasteiger partial charge in [0.15, 0.2) is 0 Å². The first kappa shape index (κ1) is 35.7. The molecule has 2 atom stereocenters. The largest absolute Gasteiger partial charge is 0.508 e. The molecule has 0 saturated carbocycles. The van der Waals surface area contributed by atoms with E-state index in [4.69, 9.17) is 9.47 Å². The number of sulfonamides is 2. The van der Waals surface area contributed by atoms with Crippen molar-refractivity contribution < 1.29 is 31.1 Å². The predicted molar refractivity (Wildman–Crippen MR) is 180 cm³/mol. The van der Waals surface area contributed by atoms with Crippen LogP contribution in [0.2, 0.25) is 0 Å². The molecule has 0 aliphatic heterocycles. The summed E-state index contributed by atoms with van der Waals surface area (Å²) in [5.74, 6) is 0. The quantitative estimate of drug-likeness (QED) is 0.0922. The third-order valence-corrected chi connectivity index (χ3v) is 11.3. The van der Waals surface area contributed by atoms with E-state index in [1.54, 1.807) is 36.4 Å². The Morgan fingerprint density at radius 1 is 0.565 bits per heavy atom. The van der Waals surface area contributed by atoms with Crippen molar-refractivity contribution in [2.75, 3.05) is 13.2 Å². The molecule has 0 aliphatic carbocycles. The maximum absolute atomic E-state index is 13.2. The fraction of sp³-hybridized carbons (Fsp3) is 0.194. The first-order valence-electron chi connectivity index (χ1n) is 13.9. The third-order valence-electron chi connectivity index (χ3n) is 6.37. The zero-order valence-corrected chi connectivity index (χ0v) is 29.1. The summed E-state index contributed by atoms with van der Waals surface area (Å²) in [5.41, 5.74) is 1.75. The summed E-state index contributed by atoms with van der Waals surface area (Å²) >= 11 is 6.52. The van der Waals surface area contributed by atoms with Crippen LogP contribution in [0.3, 0.4) is 0 Å². The van der Waals surface area contributed by atoms with Gasteiger partial charge in [-0.1, -0.05) is 84.9 Å². The lowest BCUT2D eigenvalue weighted by atomic mass is 10.2. The van der Waals surface area contributed by atoms with E-state index < -0.39 is 51.7 Å². The number of hydrogen-bond donors (Lipinski definition) is 4. The molecule has 46 heavy (non-hydrogen) atoms. The molecule has 4 aromatic carbocycles. The minimum atomic E-state index is -4.03. The second-order valence-corrected chi connectivity index (χ2v) is 14.9. The smallest absolute Gasteiger partial charge is 0.431 e. The molecule has 0 saturated heterocycles. The van der Waals surface area contributed by atoms with Gasteiger partial charge >= 0.3 is 6.16 Å². The predicted octanol–water partition coefficient (Wildman–Crippen LogP) is 4.85. The molecule has 244 valence electrons. The first-order chi connectivity index (χ1) is 22.0. The average Bonchev–Trinajstić information content (AvgIpc) is 3.04. The van der Waals surface area contributed by atoms with Crippen LogP contribution in [0, 0.1) is 0 Å². The van der Waals surface area contributed by atoms with Gasteiger partial charge in [-0.25, -0.2) is 21.6 Å². The van der Waals surface area contributed by atoms with Gasteiger partial charge in [0.2, 0.25) is 20.0 Å². The SMILES string of the molecule is O=C(OCC(NCc1ccccc1)NS(=O)(=O)c1ccccc1Br)OCC(NCc1ccccc1)NS(=O)(=O)c1ccccc1Br. The number of rotatable bonds is 16. The summed E-state index contributed by atoms with van der Waals surface area (Å²) in [6, 6.07) is 31.2. The number of benzene rings is 4. The van der Waals surface area contributed by atoms with Crippen molar-refractivity contribution in [3.63, 3.8) is 0 Å². The summed E-state index contributed by atoms with van der Waals surface area (Å²) in [6.45, 7) is -0.324. The summed E-state index contributed by atoms with van der Waals surface area (Å²) in [7, 11) is -8.07. The van der Waals surface area contributed by atoms with Crippen LogP contribution in [0.25, 0.3) is 0 Å². The zero-order chi connectivity index (χ0) is 33.0. The molecule has 0 spiro atoms. The van der Waals surface area contributed by atoms with Gasteiger partial charge in [-0.05, 0) is 67.3 Å². The molecular formula is C31H32Br2N4O7S2. The van der Waals surface area contributed by atoms with Gasteiger partial charge in [0.05, 0.1) is 9.79 Å². The van der Waals surface area contributed by atoms with Crippen LogP contribution in [0.15, 0.2) is 128 Å². The van der Waals surface area contributed by atoms with E-state index in [0.717, 1.165) is 11.1 Å². The molecule has 0 amide bonds. The standard InChI is InChI=1S/C31H32Br2N4O7S2/c32-25-15-7-9-17-27(25)45(39,40)36-29(34-19-23-11-3-1-4-12-23)21-43-31(38)44-22-30(35-20-24-13-5-2-6-14-24)37-46(41,42)28-18-10-8-16-26(28)33/h1-18,29-30,34-37H,19-22H2. The number of hydrogen-bond acceptors (Lipinski definition) is 9. The van der Waals surface area contributed by atoms with E-state index in [1.165, 1.54) is 12.1 Å². The number of ether oxygens (including phenoxy) is 2. The van der Waals surface area contributed by atoms with Gasteiger partial charge in [0.25, 0.3) is 0 Å². The molecule has 2 unspecified atom stereocenters. The minimum absolute atomic E-state index is 0.00811. The Bertz CT molecular complexity index is 1670. The Hall–Kier alpha value is -3.15. The number of carbonyl (C=O) groups excluding carboxylic acids is 1. The Kier molecular flexibility index (Phi) is 13.3. The molecule has 4 aromatic rings. The van der Waals surface area contributed by atoms with Crippen molar-refractivity contribution in [2.24, 2.45) is 0 Å². The lowest BCUT2D eigenvalue weighted by Gasteiger charge is -2.22. The first-order valence-corrected chi connectivity index (χ1v) is 18.5. The highest BCUT2D eigenvalue weighted by atomic mass is 79.9. The topological polar surface area (TPSA) is 152 Å². The molecule has 0 heterocycles. The van der Waals surface area contributed by atoms with Crippen LogP contribution in [-0.2, 0) is 42.6 Å². The highest BCUT2D eigenvalue weighted by Crippen LogP contribution is 2.22. The highest BCUT2D eigenvalue weighted by molar-refractivity contribution is 9.10. The monoisotopic (exact) mass is 794 g/mol. The number of nitrogens with one attached hydrogen (secondary N) is 4. The Morgan fingerprint density at radius 3 is 1.28 bits per heavy atom. The summed E-state index contributed by atoms with van der Waals surface area (Å²) in [6.07, 6.45) is -3.20. The van der Waals surface area contributed by atoms with Crippen LogP contribution >= 0.6 is 31.9 Å². The molecule has 0 aromatic heterocycles. The highest BCUT2D eigenvalue weighted by Gasteiger charge is 2.25. The number of halogens is 2. The normalized spacial score (nSPS) is 13.1. The second-order valence-electron chi connectivity index (χ2n) is 9.81. The number of carbonyl (C=O) groups is 1. The Labute approximate surface area is 285 Å². The van der Waals surface area contributed by atoms with Crippen molar-refractivity contribution in [1.29, 1.82) is 0 Å². The molecule has 0 bridgehead atoms. The lowest BCUT2D eigenvalue weighted by Crippen LogP contribution is -2.49. The van der Waals surface area contributed by atoms with Crippen LogP contribution < -0.4 is 20.1 Å².